The van der Waals surface area contributed by atoms with Crippen LogP contribution in [0.2, 0.25) is 0 Å². The lowest BCUT2D eigenvalue weighted by atomic mass is 9.76. The van der Waals surface area contributed by atoms with Crippen molar-refractivity contribution in [1.82, 2.24) is 0 Å². The molecule has 0 saturated carbocycles. The number of ether oxygens (including phenoxy) is 1. The summed E-state index contributed by atoms with van der Waals surface area (Å²) in [6.45, 7) is 2.45. The van der Waals surface area contributed by atoms with Crippen molar-refractivity contribution in [3.05, 3.63) is 0 Å². The summed E-state index contributed by atoms with van der Waals surface area (Å²) in [5.74, 6) is 0.00834. The van der Waals surface area contributed by atoms with Gasteiger partial charge in [0, 0.05) is 25.0 Å². The van der Waals surface area contributed by atoms with Gasteiger partial charge in [-0.1, -0.05) is 6.92 Å². The number of sulfone groups is 1. The Balaban J connectivity index is 2.82. The minimum atomic E-state index is -3.04. The number of rotatable bonds is 5. The van der Waals surface area contributed by atoms with Crippen molar-refractivity contribution in [1.29, 1.82) is 0 Å². The minimum absolute atomic E-state index is 0.00821. The third kappa shape index (κ3) is 2.74. The van der Waals surface area contributed by atoms with E-state index >= 15 is 0 Å². The Morgan fingerprint density at radius 2 is 2.19 bits per heavy atom. The summed E-state index contributed by atoms with van der Waals surface area (Å²) in [5, 5.41) is 10.2. The third-order valence-electron chi connectivity index (χ3n) is 3.42. The van der Waals surface area contributed by atoms with Crippen molar-refractivity contribution in [2.75, 3.05) is 31.8 Å². The molecule has 3 N–H and O–H groups in total. The van der Waals surface area contributed by atoms with Gasteiger partial charge in [0.1, 0.15) is 0 Å². The number of aliphatic hydroxyl groups is 1. The fourth-order valence-corrected chi connectivity index (χ4v) is 4.58. The van der Waals surface area contributed by atoms with E-state index in [4.69, 9.17) is 10.5 Å². The molecule has 16 heavy (non-hydrogen) atoms. The summed E-state index contributed by atoms with van der Waals surface area (Å²) in [4.78, 5) is 0. The van der Waals surface area contributed by atoms with E-state index in [1.54, 1.807) is 7.11 Å². The number of hydrogen-bond donors (Lipinski definition) is 2. The van der Waals surface area contributed by atoms with Crippen LogP contribution in [0.3, 0.4) is 0 Å². The van der Waals surface area contributed by atoms with Crippen molar-refractivity contribution in [2.45, 2.75) is 19.4 Å². The van der Waals surface area contributed by atoms with Crippen LogP contribution >= 0.6 is 0 Å². The fraction of sp³-hybridized carbons (Fsp3) is 1.00. The van der Waals surface area contributed by atoms with E-state index in [-0.39, 0.29) is 24.0 Å². The van der Waals surface area contributed by atoms with Crippen molar-refractivity contribution in [3.63, 3.8) is 0 Å². The van der Waals surface area contributed by atoms with E-state index in [1.165, 1.54) is 0 Å². The van der Waals surface area contributed by atoms with Gasteiger partial charge < -0.3 is 15.6 Å². The molecule has 3 unspecified atom stereocenters. The standard InChI is InChI=1S/C10H21NO4S/c1-8(5-15-2)9(12)10(6-11)3-4-16(13,14)7-10/h8-9,12H,3-7,11H2,1-2H3. The lowest BCUT2D eigenvalue weighted by Gasteiger charge is -2.35. The van der Waals surface area contributed by atoms with Crippen molar-refractivity contribution < 1.29 is 18.3 Å². The quantitative estimate of drug-likeness (QED) is 0.680. The third-order valence-corrected chi connectivity index (χ3v) is 5.26. The summed E-state index contributed by atoms with van der Waals surface area (Å²) in [6.07, 6.45) is -0.282. The van der Waals surface area contributed by atoms with E-state index in [1.807, 2.05) is 6.92 Å². The van der Waals surface area contributed by atoms with Crippen molar-refractivity contribution in [2.24, 2.45) is 17.1 Å². The van der Waals surface area contributed by atoms with Gasteiger partial charge in [0.15, 0.2) is 9.84 Å². The summed E-state index contributed by atoms with van der Waals surface area (Å²) < 4.78 is 28.0. The zero-order chi connectivity index (χ0) is 12.4. The van der Waals surface area contributed by atoms with Crippen LogP contribution in [-0.2, 0) is 14.6 Å². The molecule has 1 saturated heterocycles. The van der Waals surface area contributed by atoms with Gasteiger partial charge >= 0.3 is 0 Å². The first kappa shape index (κ1) is 13.9. The molecular formula is C10H21NO4S. The lowest BCUT2D eigenvalue weighted by Crippen LogP contribution is -2.47. The highest BCUT2D eigenvalue weighted by Crippen LogP contribution is 2.37. The van der Waals surface area contributed by atoms with Crippen LogP contribution in [0.4, 0.5) is 0 Å². The van der Waals surface area contributed by atoms with Crippen molar-refractivity contribution >= 4 is 9.84 Å². The highest BCUT2D eigenvalue weighted by molar-refractivity contribution is 7.91. The predicted molar refractivity (Wildman–Crippen MR) is 61.8 cm³/mol. The second kappa shape index (κ2) is 5.00. The second-order valence-corrected chi connectivity index (χ2v) is 6.97. The molecule has 0 aromatic rings. The van der Waals surface area contributed by atoms with E-state index in [0.29, 0.717) is 13.0 Å². The highest BCUT2D eigenvalue weighted by Gasteiger charge is 2.47. The van der Waals surface area contributed by atoms with Crippen LogP contribution in [0, 0.1) is 11.3 Å². The molecule has 1 heterocycles. The van der Waals surface area contributed by atoms with Gasteiger partial charge in [-0.2, -0.15) is 0 Å². The lowest BCUT2D eigenvalue weighted by molar-refractivity contribution is -0.0206. The Bertz CT molecular complexity index is 330. The van der Waals surface area contributed by atoms with Crippen LogP contribution in [0.25, 0.3) is 0 Å². The average molecular weight is 251 g/mol. The van der Waals surface area contributed by atoms with Crippen LogP contribution in [-0.4, -0.2) is 51.4 Å². The van der Waals surface area contributed by atoms with Crippen LogP contribution in [0.5, 0.6) is 0 Å². The van der Waals surface area contributed by atoms with Gasteiger partial charge in [-0.15, -0.1) is 0 Å². The van der Waals surface area contributed by atoms with Crippen LogP contribution < -0.4 is 5.73 Å². The normalized spacial score (nSPS) is 32.5. The SMILES string of the molecule is COCC(C)C(O)C1(CN)CCS(=O)(=O)C1. The molecule has 3 atom stereocenters. The Morgan fingerprint density at radius 1 is 1.56 bits per heavy atom. The van der Waals surface area contributed by atoms with Gasteiger partial charge in [0.05, 0.1) is 24.2 Å². The molecule has 0 amide bonds. The maximum absolute atomic E-state index is 11.5. The molecule has 1 fully saturated rings. The van der Waals surface area contributed by atoms with E-state index < -0.39 is 21.4 Å². The molecule has 0 aliphatic carbocycles. The first-order valence-electron chi connectivity index (χ1n) is 5.44. The first-order chi connectivity index (χ1) is 7.37. The molecule has 1 rings (SSSR count). The second-order valence-electron chi connectivity index (χ2n) is 4.79. The minimum Gasteiger partial charge on any atom is -0.392 e. The van der Waals surface area contributed by atoms with Gasteiger partial charge in [-0.05, 0) is 6.42 Å². The molecule has 0 radical (unpaired) electrons. The van der Waals surface area contributed by atoms with Crippen LogP contribution in [0.15, 0.2) is 0 Å². The first-order valence-corrected chi connectivity index (χ1v) is 7.26. The number of hydrogen-bond acceptors (Lipinski definition) is 5. The number of aliphatic hydroxyl groups excluding tert-OH is 1. The topological polar surface area (TPSA) is 89.6 Å². The molecule has 0 spiro atoms. The van der Waals surface area contributed by atoms with E-state index in [9.17, 15) is 13.5 Å². The highest BCUT2D eigenvalue weighted by atomic mass is 32.2. The zero-order valence-corrected chi connectivity index (χ0v) is 10.7. The smallest absolute Gasteiger partial charge is 0.151 e. The molecule has 0 aromatic carbocycles. The molecule has 0 aromatic heterocycles. The number of methoxy groups -OCH3 is 1. The molecule has 5 nitrogen and oxygen atoms in total. The molecule has 96 valence electrons. The Hall–Kier alpha value is -0.170. The van der Waals surface area contributed by atoms with Crippen molar-refractivity contribution in [3.8, 4) is 0 Å². The summed E-state index contributed by atoms with van der Waals surface area (Å²) in [5.41, 5.74) is 4.98. The van der Waals surface area contributed by atoms with Crippen LogP contribution in [0.1, 0.15) is 13.3 Å². The monoisotopic (exact) mass is 251 g/mol. The summed E-state index contributed by atoms with van der Waals surface area (Å²) >= 11 is 0. The molecule has 1 aliphatic heterocycles. The zero-order valence-electron chi connectivity index (χ0n) is 9.85. The average Bonchev–Trinajstić information content (AvgIpc) is 2.55. The summed E-state index contributed by atoms with van der Waals surface area (Å²) in [6, 6.07) is 0. The molecule has 0 bridgehead atoms. The van der Waals surface area contributed by atoms with E-state index in [2.05, 4.69) is 0 Å². The predicted octanol–water partition coefficient (Wildman–Crippen LogP) is -0.607. The Morgan fingerprint density at radius 3 is 2.56 bits per heavy atom. The molecule has 1 aliphatic rings. The maximum Gasteiger partial charge on any atom is 0.151 e. The molecule has 6 heteroatoms. The van der Waals surface area contributed by atoms with Gasteiger partial charge in [-0.25, -0.2) is 8.42 Å². The Kier molecular flexibility index (Phi) is 4.34. The summed E-state index contributed by atoms with van der Waals surface area (Å²) in [7, 11) is -1.48. The van der Waals surface area contributed by atoms with E-state index in [0.717, 1.165) is 0 Å². The fourth-order valence-electron chi connectivity index (χ4n) is 2.41. The largest absolute Gasteiger partial charge is 0.392 e. The van der Waals surface area contributed by atoms with Gasteiger partial charge in [0.2, 0.25) is 0 Å². The van der Waals surface area contributed by atoms with Gasteiger partial charge in [0.25, 0.3) is 0 Å². The molecular weight excluding hydrogens is 230 g/mol. The maximum atomic E-state index is 11.5. The van der Waals surface area contributed by atoms with Gasteiger partial charge in [-0.3, -0.25) is 0 Å². The number of nitrogens with two attached hydrogens (primary N) is 1. The Labute approximate surface area is 96.9 Å².